The van der Waals surface area contributed by atoms with Crippen molar-refractivity contribution < 1.29 is 13.3 Å². The zero-order chi connectivity index (χ0) is 17.6. The number of benzene rings is 2. The Balaban J connectivity index is 2.22. The van der Waals surface area contributed by atoms with Crippen LogP contribution in [0.25, 0.3) is 22.4 Å². The van der Waals surface area contributed by atoms with Gasteiger partial charge in [-0.2, -0.15) is 0 Å². The molecule has 0 fully saturated rings. The number of aromatic nitrogens is 2. The Hall–Kier alpha value is -2.26. The van der Waals surface area contributed by atoms with Gasteiger partial charge in [-0.15, -0.1) is 0 Å². The SMILES string of the molecule is Cn1c(-c2ccc(S(C)(=O)=O)cc2)nc2c([N+](=O)[O-])cc(Br)cc21. The molecule has 24 heavy (non-hydrogen) atoms. The molecule has 3 aromatic rings. The van der Waals surface area contributed by atoms with Gasteiger partial charge < -0.3 is 4.57 Å². The number of hydrogen-bond donors (Lipinski definition) is 0. The molecule has 0 radical (unpaired) electrons. The summed E-state index contributed by atoms with van der Waals surface area (Å²) in [6.07, 6.45) is 1.14. The van der Waals surface area contributed by atoms with Gasteiger partial charge in [0.1, 0.15) is 5.82 Å². The van der Waals surface area contributed by atoms with E-state index in [2.05, 4.69) is 20.9 Å². The van der Waals surface area contributed by atoms with E-state index in [-0.39, 0.29) is 16.1 Å². The maximum Gasteiger partial charge on any atom is 0.298 e. The molecule has 0 bridgehead atoms. The topological polar surface area (TPSA) is 95.1 Å². The summed E-state index contributed by atoms with van der Waals surface area (Å²) < 4.78 is 25.4. The summed E-state index contributed by atoms with van der Waals surface area (Å²) in [6, 6.07) is 9.43. The van der Waals surface area contributed by atoms with Gasteiger partial charge in [0, 0.05) is 29.4 Å². The lowest BCUT2D eigenvalue weighted by atomic mass is 10.2. The Bertz CT molecular complexity index is 1070. The van der Waals surface area contributed by atoms with Crippen LogP contribution in [-0.2, 0) is 16.9 Å². The summed E-state index contributed by atoms with van der Waals surface area (Å²) in [5, 5.41) is 11.2. The van der Waals surface area contributed by atoms with Crippen molar-refractivity contribution in [2.24, 2.45) is 7.05 Å². The number of hydrogen-bond acceptors (Lipinski definition) is 5. The van der Waals surface area contributed by atoms with Crippen LogP contribution in [0.5, 0.6) is 0 Å². The van der Waals surface area contributed by atoms with E-state index in [1.54, 1.807) is 29.8 Å². The smallest absolute Gasteiger partial charge is 0.298 e. The van der Waals surface area contributed by atoms with Crippen LogP contribution in [0.4, 0.5) is 5.69 Å². The Morgan fingerprint density at radius 1 is 1.21 bits per heavy atom. The van der Waals surface area contributed by atoms with Gasteiger partial charge in [0.25, 0.3) is 5.69 Å². The molecule has 0 amide bonds. The number of aryl methyl sites for hydroxylation is 1. The number of nitro benzene ring substituents is 1. The molecular formula is C15H12BrN3O4S. The lowest BCUT2D eigenvalue weighted by Crippen LogP contribution is -1.97. The minimum Gasteiger partial charge on any atom is -0.327 e. The molecule has 1 heterocycles. The van der Waals surface area contributed by atoms with Crippen LogP contribution in [0.15, 0.2) is 45.8 Å². The van der Waals surface area contributed by atoms with Gasteiger partial charge in [-0.3, -0.25) is 10.1 Å². The van der Waals surface area contributed by atoms with Crippen molar-refractivity contribution in [1.29, 1.82) is 0 Å². The third kappa shape index (κ3) is 2.80. The highest BCUT2D eigenvalue weighted by Gasteiger charge is 2.20. The third-order valence-corrected chi connectivity index (χ3v) is 5.25. The molecule has 124 valence electrons. The molecule has 0 saturated heterocycles. The van der Waals surface area contributed by atoms with Gasteiger partial charge in [-0.1, -0.05) is 15.9 Å². The van der Waals surface area contributed by atoms with Crippen LogP contribution < -0.4 is 0 Å². The summed E-state index contributed by atoms with van der Waals surface area (Å²) in [4.78, 5) is 15.4. The van der Waals surface area contributed by atoms with Gasteiger partial charge in [-0.05, 0) is 30.3 Å². The van der Waals surface area contributed by atoms with Crippen LogP contribution in [0.3, 0.4) is 0 Å². The van der Waals surface area contributed by atoms with Crippen LogP contribution in [0, 0.1) is 10.1 Å². The molecule has 9 heteroatoms. The number of fused-ring (bicyclic) bond motifs is 1. The number of non-ortho nitro benzene ring substituents is 1. The highest BCUT2D eigenvalue weighted by Crippen LogP contribution is 2.32. The standard InChI is InChI=1S/C15H12BrN3O4S/c1-18-12-7-10(16)8-13(19(20)21)14(12)17-15(18)9-3-5-11(6-4-9)24(2,22)23/h3-8H,1-2H3. The van der Waals surface area contributed by atoms with Crippen molar-refractivity contribution in [3.05, 3.63) is 51.0 Å². The first-order chi connectivity index (χ1) is 11.2. The molecule has 0 N–H and O–H groups in total. The molecule has 0 atom stereocenters. The van der Waals surface area contributed by atoms with Crippen molar-refractivity contribution in [2.45, 2.75) is 4.90 Å². The molecule has 0 unspecified atom stereocenters. The zero-order valence-electron chi connectivity index (χ0n) is 12.7. The number of nitrogens with zero attached hydrogens (tertiary/aromatic N) is 3. The minimum atomic E-state index is -3.28. The second-order valence-electron chi connectivity index (χ2n) is 5.34. The summed E-state index contributed by atoms with van der Waals surface area (Å²) in [7, 11) is -1.53. The summed E-state index contributed by atoms with van der Waals surface area (Å²) in [5.74, 6) is 0.520. The predicted octanol–water partition coefficient (Wildman–Crippen LogP) is 3.31. The maximum atomic E-state index is 11.5. The largest absolute Gasteiger partial charge is 0.327 e. The van der Waals surface area contributed by atoms with Crippen molar-refractivity contribution in [2.75, 3.05) is 6.26 Å². The van der Waals surface area contributed by atoms with Crippen molar-refractivity contribution in [1.82, 2.24) is 9.55 Å². The van der Waals surface area contributed by atoms with Gasteiger partial charge in [0.05, 0.1) is 15.3 Å². The van der Waals surface area contributed by atoms with Crippen LogP contribution in [0.2, 0.25) is 0 Å². The lowest BCUT2D eigenvalue weighted by molar-refractivity contribution is -0.383. The van der Waals surface area contributed by atoms with E-state index in [0.717, 1.165) is 6.26 Å². The van der Waals surface area contributed by atoms with Crippen LogP contribution >= 0.6 is 15.9 Å². The number of rotatable bonds is 3. The molecule has 0 aliphatic rings. The first-order valence-electron chi connectivity index (χ1n) is 6.79. The summed E-state index contributed by atoms with van der Waals surface area (Å²) in [5.41, 5.74) is 1.48. The number of imidazole rings is 1. The Labute approximate surface area is 146 Å². The van der Waals surface area contributed by atoms with E-state index in [0.29, 0.717) is 21.4 Å². The highest BCUT2D eigenvalue weighted by molar-refractivity contribution is 9.10. The van der Waals surface area contributed by atoms with E-state index in [1.165, 1.54) is 18.2 Å². The molecule has 1 aromatic heterocycles. The molecule has 2 aromatic carbocycles. The second kappa shape index (κ2) is 5.67. The maximum absolute atomic E-state index is 11.5. The molecular weight excluding hydrogens is 398 g/mol. The van der Waals surface area contributed by atoms with Gasteiger partial charge in [0.2, 0.25) is 0 Å². The Kier molecular flexibility index (Phi) is 3.92. The quantitative estimate of drug-likeness (QED) is 0.488. The molecule has 0 saturated carbocycles. The van der Waals surface area contributed by atoms with Gasteiger partial charge in [-0.25, -0.2) is 13.4 Å². The van der Waals surface area contributed by atoms with E-state index in [1.807, 2.05) is 0 Å². The van der Waals surface area contributed by atoms with E-state index in [9.17, 15) is 18.5 Å². The van der Waals surface area contributed by atoms with Crippen molar-refractivity contribution in [3.8, 4) is 11.4 Å². The average Bonchev–Trinajstić information content (AvgIpc) is 2.83. The van der Waals surface area contributed by atoms with Crippen LogP contribution in [0.1, 0.15) is 0 Å². The Morgan fingerprint density at radius 2 is 1.83 bits per heavy atom. The Morgan fingerprint density at radius 3 is 2.38 bits per heavy atom. The zero-order valence-corrected chi connectivity index (χ0v) is 15.1. The summed E-state index contributed by atoms with van der Waals surface area (Å²) in [6.45, 7) is 0. The molecule has 7 nitrogen and oxygen atoms in total. The number of sulfone groups is 1. The average molecular weight is 410 g/mol. The van der Waals surface area contributed by atoms with Crippen molar-refractivity contribution >= 4 is 42.5 Å². The fourth-order valence-corrected chi connectivity index (χ4v) is 3.55. The highest BCUT2D eigenvalue weighted by atomic mass is 79.9. The monoisotopic (exact) mass is 409 g/mol. The summed E-state index contributed by atoms with van der Waals surface area (Å²) >= 11 is 3.27. The lowest BCUT2D eigenvalue weighted by Gasteiger charge is -2.04. The molecule has 0 spiro atoms. The molecule has 0 aliphatic heterocycles. The normalized spacial score (nSPS) is 11.8. The van der Waals surface area contributed by atoms with Gasteiger partial charge >= 0.3 is 0 Å². The fraction of sp³-hybridized carbons (Fsp3) is 0.133. The molecule has 0 aliphatic carbocycles. The number of nitro groups is 1. The minimum absolute atomic E-state index is 0.0889. The fourth-order valence-electron chi connectivity index (χ4n) is 2.48. The van der Waals surface area contributed by atoms with E-state index < -0.39 is 14.8 Å². The van der Waals surface area contributed by atoms with Crippen LogP contribution in [-0.4, -0.2) is 29.1 Å². The first-order valence-corrected chi connectivity index (χ1v) is 9.48. The van der Waals surface area contributed by atoms with Crippen molar-refractivity contribution in [3.63, 3.8) is 0 Å². The molecule has 3 rings (SSSR count). The number of halogens is 1. The first kappa shape index (κ1) is 16.6. The van der Waals surface area contributed by atoms with E-state index in [4.69, 9.17) is 0 Å². The third-order valence-electron chi connectivity index (χ3n) is 3.67. The van der Waals surface area contributed by atoms with E-state index >= 15 is 0 Å². The van der Waals surface area contributed by atoms with Gasteiger partial charge in [0.15, 0.2) is 15.4 Å². The predicted molar refractivity (Wildman–Crippen MR) is 93.6 cm³/mol. The second-order valence-corrected chi connectivity index (χ2v) is 8.27.